The van der Waals surface area contributed by atoms with E-state index in [9.17, 15) is 0 Å². The molecule has 1 atom stereocenters. The number of aliphatic imine (C=N–C) groups is 1. The lowest BCUT2D eigenvalue weighted by molar-refractivity contribution is 0.0195. The minimum Gasteiger partial charge on any atom is -0.379 e. The van der Waals surface area contributed by atoms with Crippen molar-refractivity contribution in [3.05, 3.63) is 36.3 Å². The third-order valence-electron chi connectivity index (χ3n) is 5.31. The standard InChI is InChI=1S/C19H28N6O.HI/c1-20-19(25-9-6-17(15-25)23-10-12-26-13-11-23)21-7-5-16-14-24-8-3-2-4-18(24)22-16;/h2-4,8,14,17H,5-7,9-13,15H2,1H3,(H,20,21);1H. The van der Waals surface area contributed by atoms with Crippen LogP contribution in [0.2, 0.25) is 0 Å². The summed E-state index contributed by atoms with van der Waals surface area (Å²) in [6.07, 6.45) is 6.23. The average Bonchev–Trinajstić information content (AvgIpc) is 3.33. The van der Waals surface area contributed by atoms with E-state index >= 15 is 0 Å². The SMILES string of the molecule is CN=C(NCCc1cn2ccccc2n1)N1CCC(N2CCOCC2)C1.I. The zero-order chi connectivity index (χ0) is 17.8. The number of fused-ring (bicyclic) bond motifs is 1. The molecule has 2 aromatic heterocycles. The van der Waals surface area contributed by atoms with Gasteiger partial charge in [0.1, 0.15) is 5.65 Å². The molecule has 8 heteroatoms. The number of halogens is 1. The predicted molar refractivity (Wildman–Crippen MR) is 118 cm³/mol. The molecule has 7 nitrogen and oxygen atoms in total. The molecular formula is C19H29IN6O. The Morgan fingerprint density at radius 3 is 2.93 bits per heavy atom. The van der Waals surface area contributed by atoms with Gasteiger partial charge in [0.25, 0.3) is 0 Å². The Hall–Kier alpha value is -1.39. The number of hydrogen-bond donors (Lipinski definition) is 1. The fraction of sp³-hybridized carbons (Fsp3) is 0.579. The van der Waals surface area contributed by atoms with Crippen LogP contribution < -0.4 is 5.32 Å². The molecule has 2 aliphatic rings. The van der Waals surface area contributed by atoms with Crippen molar-refractivity contribution in [2.45, 2.75) is 18.9 Å². The van der Waals surface area contributed by atoms with Crippen LogP contribution in [0.15, 0.2) is 35.6 Å². The second-order valence-electron chi connectivity index (χ2n) is 6.96. The molecule has 0 radical (unpaired) electrons. The minimum atomic E-state index is 0. The highest BCUT2D eigenvalue weighted by atomic mass is 127. The molecule has 27 heavy (non-hydrogen) atoms. The topological polar surface area (TPSA) is 57.4 Å². The molecule has 1 N–H and O–H groups in total. The summed E-state index contributed by atoms with van der Waals surface area (Å²) < 4.78 is 7.54. The molecule has 4 rings (SSSR count). The van der Waals surface area contributed by atoms with Gasteiger partial charge in [0.2, 0.25) is 0 Å². The zero-order valence-electron chi connectivity index (χ0n) is 15.9. The number of nitrogens with one attached hydrogen (secondary N) is 1. The van der Waals surface area contributed by atoms with Gasteiger partial charge in [0.15, 0.2) is 5.96 Å². The van der Waals surface area contributed by atoms with Gasteiger partial charge in [0, 0.05) is 64.6 Å². The van der Waals surface area contributed by atoms with Gasteiger partial charge >= 0.3 is 0 Å². The van der Waals surface area contributed by atoms with Crippen LogP contribution in [0.3, 0.4) is 0 Å². The minimum absolute atomic E-state index is 0. The Labute approximate surface area is 177 Å². The highest BCUT2D eigenvalue weighted by Crippen LogP contribution is 2.17. The first-order valence-corrected chi connectivity index (χ1v) is 9.53. The predicted octanol–water partition coefficient (Wildman–Crippen LogP) is 1.48. The van der Waals surface area contributed by atoms with Gasteiger partial charge in [-0.1, -0.05) is 6.07 Å². The highest BCUT2D eigenvalue weighted by Gasteiger charge is 2.30. The first kappa shape index (κ1) is 20.3. The molecule has 2 aromatic rings. The van der Waals surface area contributed by atoms with Crippen LogP contribution in [0.25, 0.3) is 5.65 Å². The van der Waals surface area contributed by atoms with E-state index < -0.39 is 0 Å². The molecular weight excluding hydrogens is 455 g/mol. The first-order chi connectivity index (χ1) is 12.8. The van der Waals surface area contributed by atoms with Crippen LogP contribution in [0, 0.1) is 0 Å². The first-order valence-electron chi connectivity index (χ1n) is 9.53. The average molecular weight is 484 g/mol. The van der Waals surface area contributed by atoms with E-state index in [0.717, 1.165) is 69.7 Å². The van der Waals surface area contributed by atoms with E-state index in [0.29, 0.717) is 6.04 Å². The number of hydrogen-bond acceptors (Lipinski definition) is 4. The number of morpholine rings is 1. The number of imidazole rings is 1. The summed E-state index contributed by atoms with van der Waals surface area (Å²) in [5.74, 6) is 1.00. The molecule has 2 aliphatic heterocycles. The second kappa shape index (κ2) is 9.70. The fourth-order valence-corrected chi connectivity index (χ4v) is 3.92. The summed E-state index contributed by atoms with van der Waals surface area (Å²) in [4.78, 5) is 14.1. The molecule has 148 valence electrons. The Balaban J connectivity index is 0.00000210. The smallest absolute Gasteiger partial charge is 0.193 e. The molecule has 0 aliphatic carbocycles. The van der Waals surface area contributed by atoms with Gasteiger partial charge in [-0.15, -0.1) is 24.0 Å². The van der Waals surface area contributed by atoms with Gasteiger partial charge in [-0.05, 0) is 18.6 Å². The second-order valence-corrected chi connectivity index (χ2v) is 6.96. The molecule has 0 saturated carbocycles. The molecule has 2 saturated heterocycles. The van der Waals surface area contributed by atoms with Gasteiger partial charge in [-0.25, -0.2) is 4.98 Å². The van der Waals surface area contributed by atoms with E-state index in [-0.39, 0.29) is 24.0 Å². The molecule has 0 spiro atoms. The summed E-state index contributed by atoms with van der Waals surface area (Å²) in [6.45, 7) is 6.79. The number of rotatable bonds is 4. The Bertz CT molecular complexity index is 724. The van der Waals surface area contributed by atoms with Crippen LogP contribution in [0.4, 0.5) is 0 Å². The number of pyridine rings is 1. The number of ether oxygens (including phenoxy) is 1. The summed E-state index contributed by atoms with van der Waals surface area (Å²) >= 11 is 0. The number of aromatic nitrogens is 2. The molecule has 0 bridgehead atoms. The van der Waals surface area contributed by atoms with Crippen molar-refractivity contribution >= 4 is 35.6 Å². The van der Waals surface area contributed by atoms with Gasteiger partial charge < -0.3 is 19.4 Å². The molecule has 0 amide bonds. The molecule has 4 heterocycles. The normalized spacial score (nSPS) is 21.4. The Morgan fingerprint density at radius 1 is 1.30 bits per heavy atom. The van der Waals surface area contributed by atoms with Crippen molar-refractivity contribution in [2.75, 3.05) is 53.0 Å². The van der Waals surface area contributed by atoms with Crippen molar-refractivity contribution in [3.63, 3.8) is 0 Å². The highest BCUT2D eigenvalue weighted by molar-refractivity contribution is 14.0. The van der Waals surface area contributed by atoms with E-state index in [1.807, 2.05) is 31.4 Å². The van der Waals surface area contributed by atoms with E-state index in [2.05, 4.69) is 35.7 Å². The van der Waals surface area contributed by atoms with E-state index in [4.69, 9.17) is 4.74 Å². The maximum absolute atomic E-state index is 5.47. The Kier molecular flexibility index (Phi) is 7.31. The van der Waals surface area contributed by atoms with Crippen LogP contribution >= 0.6 is 24.0 Å². The third kappa shape index (κ3) is 4.91. The summed E-state index contributed by atoms with van der Waals surface area (Å²) in [6, 6.07) is 6.70. The maximum Gasteiger partial charge on any atom is 0.193 e. The van der Waals surface area contributed by atoms with E-state index in [1.54, 1.807) is 0 Å². The molecule has 0 aromatic carbocycles. The van der Waals surface area contributed by atoms with E-state index in [1.165, 1.54) is 6.42 Å². The molecule has 1 unspecified atom stereocenters. The number of guanidine groups is 1. The summed E-state index contributed by atoms with van der Waals surface area (Å²) in [7, 11) is 1.87. The van der Waals surface area contributed by atoms with Crippen molar-refractivity contribution in [2.24, 2.45) is 4.99 Å². The monoisotopic (exact) mass is 484 g/mol. The van der Waals surface area contributed by atoms with Crippen molar-refractivity contribution in [3.8, 4) is 0 Å². The lowest BCUT2D eigenvalue weighted by atomic mass is 10.2. The fourth-order valence-electron chi connectivity index (χ4n) is 3.92. The van der Waals surface area contributed by atoms with Gasteiger partial charge in [-0.3, -0.25) is 9.89 Å². The quantitative estimate of drug-likeness (QED) is 0.405. The summed E-state index contributed by atoms with van der Waals surface area (Å²) in [5, 5.41) is 3.51. The zero-order valence-corrected chi connectivity index (χ0v) is 18.2. The summed E-state index contributed by atoms with van der Waals surface area (Å²) in [5.41, 5.74) is 2.10. The van der Waals surface area contributed by atoms with Crippen LogP contribution in [-0.2, 0) is 11.2 Å². The maximum atomic E-state index is 5.47. The third-order valence-corrected chi connectivity index (χ3v) is 5.31. The van der Waals surface area contributed by atoms with Crippen molar-refractivity contribution in [1.82, 2.24) is 24.5 Å². The number of nitrogens with zero attached hydrogens (tertiary/aromatic N) is 5. The van der Waals surface area contributed by atoms with Gasteiger partial charge in [0.05, 0.1) is 18.9 Å². The largest absolute Gasteiger partial charge is 0.379 e. The Morgan fingerprint density at radius 2 is 2.15 bits per heavy atom. The van der Waals surface area contributed by atoms with Crippen LogP contribution in [-0.4, -0.2) is 84.2 Å². The number of likely N-dealkylation sites (tertiary alicyclic amines) is 1. The van der Waals surface area contributed by atoms with Gasteiger partial charge in [-0.2, -0.15) is 0 Å². The lowest BCUT2D eigenvalue weighted by Gasteiger charge is -2.32. The van der Waals surface area contributed by atoms with Crippen molar-refractivity contribution < 1.29 is 4.74 Å². The molecule has 2 fully saturated rings. The lowest BCUT2D eigenvalue weighted by Crippen LogP contribution is -2.46. The van der Waals surface area contributed by atoms with Crippen LogP contribution in [0.5, 0.6) is 0 Å². The van der Waals surface area contributed by atoms with Crippen molar-refractivity contribution in [1.29, 1.82) is 0 Å². The van der Waals surface area contributed by atoms with Crippen LogP contribution in [0.1, 0.15) is 12.1 Å².